The Morgan fingerprint density at radius 3 is 1.75 bits per heavy atom. The molecule has 0 bridgehead atoms. The lowest BCUT2D eigenvalue weighted by molar-refractivity contribution is -0.383. The Hall–Kier alpha value is -1.02. The molecule has 0 aromatic heterocycles. The van der Waals surface area contributed by atoms with Crippen LogP contribution in [0.15, 0.2) is 11.6 Å². The van der Waals surface area contributed by atoms with E-state index in [1.165, 1.54) is 0 Å². The lowest BCUT2D eigenvalue weighted by Gasteiger charge is -2.72. The van der Waals surface area contributed by atoms with E-state index in [9.17, 15) is 66.4 Å². The molecule has 13 N–H and O–H groups in total. The highest BCUT2D eigenvalue weighted by Crippen LogP contribution is 2.76. The number of hydrogen-bond donors (Lipinski definition) is 13. The molecule has 19 heteroatoms. The van der Waals surface area contributed by atoms with E-state index < -0.39 is 163 Å². The molecular formula is C48H82O19. The van der Waals surface area contributed by atoms with Crippen molar-refractivity contribution in [2.24, 2.45) is 45.3 Å². The van der Waals surface area contributed by atoms with Crippen molar-refractivity contribution in [3.8, 4) is 0 Å². The Morgan fingerprint density at radius 2 is 1.18 bits per heavy atom. The highest BCUT2D eigenvalue weighted by atomic mass is 16.8. The van der Waals surface area contributed by atoms with Crippen LogP contribution in [-0.4, -0.2) is 202 Å². The van der Waals surface area contributed by atoms with E-state index in [0.717, 1.165) is 5.57 Å². The van der Waals surface area contributed by atoms with Gasteiger partial charge in [0, 0.05) is 0 Å². The predicted octanol–water partition coefficient (Wildman–Crippen LogP) is -1.06. The molecule has 0 aromatic carbocycles. The molecule has 67 heavy (non-hydrogen) atoms. The summed E-state index contributed by atoms with van der Waals surface area (Å²) in [6, 6.07) is 0. The fourth-order valence-corrected chi connectivity index (χ4v) is 14.9. The van der Waals surface area contributed by atoms with Gasteiger partial charge < -0.3 is 94.8 Å². The second-order valence-corrected chi connectivity index (χ2v) is 23.1. The first kappa shape index (κ1) is 53.8. The maximum atomic E-state index is 12.7. The van der Waals surface area contributed by atoms with Crippen molar-refractivity contribution >= 4 is 0 Å². The number of allylic oxidation sites excluding steroid dienone is 2. The second-order valence-electron chi connectivity index (χ2n) is 23.1. The number of hydrogen-bond acceptors (Lipinski definition) is 19. The molecule has 19 nitrogen and oxygen atoms in total. The lowest BCUT2D eigenvalue weighted by Crippen LogP contribution is -2.71. The molecular weight excluding hydrogens is 881 g/mol. The van der Waals surface area contributed by atoms with Crippen LogP contribution in [0.1, 0.15) is 107 Å². The van der Waals surface area contributed by atoms with Crippen molar-refractivity contribution in [1.82, 2.24) is 0 Å². The van der Waals surface area contributed by atoms with Crippen molar-refractivity contribution in [3.05, 3.63) is 11.6 Å². The first-order valence-electron chi connectivity index (χ1n) is 24.5. The van der Waals surface area contributed by atoms with Crippen LogP contribution in [0.3, 0.4) is 0 Å². The zero-order valence-corrected chi connectivity index (χ0v) is 40.3. The quantitative estimate of drug-likeness (QED) is 0.0773. The maximum absolute atomic E-state index is 12.7. The SMILES string of the molecule is CC(C)=CCC[C@](C)(O[C@H]1O[C@@H](CO)[C@H](O)[C@@H](O)[C@@H]1O)[C@@H]1CC[C@]2(C)[C@@H]1[C@H](O)C[C@@H]1[C@]3(C)CC[C@H](O)C(C)(C)[C@@H]3[C@H](O[C@@H]3O[C@H](CO)[C@@H](O)[C@H](O)[C@@H]3O[C@@H]3O[C@H](CO)[C@@H](O)[C@@H](O)[C@@H]3O)C[C@@]12C. The zero-order chi connectivity index (χ0) is 49.5. The Balaban J connectivity index is 1.27. The highest BCUT2D eigenvalue weighted by molar-refractivity contribution is 5.22. The molecule has 0 unspecified atom stereocenters. The van der Waals surface area contributed by atoms with Gasteiger partial charge in [-0.15, -0.1) is 0 Å². The molecule has 7 aliphatic rings. The van der Waals surface area contributed by atoms with Gasteiger partial charge in [0.2, 0.25) is 0 Å². The summed E-state index contributed by atoms with van der Waals surface area (Å²) in [5.74, 6) is -1.22. The van der Waals surface area contributed by atoms with E-state index in [0.29, 0.717) is 51.4 Å². The minimum absolute atomic E-state index is 0.110. The Labute approximate surface area is 393 Å². The molecule has 388 valence electrons. The van der Waals surface area contributed by atoms with Crippen molar-refractivity contribution < 1.29 is 94.8 Å². The molecule has 0 radical (unpaired) electrons. The van der Waals surface area contributed by atoms with Gasteiger partial charge in [-0.25, -0.2) is 0 Å². The normalized spacial score (nSPS) is 52.9. The average molecular weight is 963 g/mol. The number of fused-ring (bicyclic) bond motifs is 5. The molecule has 3 heterocycles. The van der Waals surface area contributed by atoms with Crippen LogP contribution < -0.4 is 0 Å². The largest absolute Gasteiger partial charge is 0.394 e. The fourth-order valence-electron chi connectivity index (χ4n) is 14.9. The zero-order valence-electron chi connectivity index (χ0n) is 40.3. The van der Waals surface area contributed by atoms with Gasteiger partial charge in [-0.05, 0) is 117 Å². The standard InChI is InChI=1S/C48H82O19/c1-21(2)10-9-13-48(8,67-42-38(61)35(58)32(55)26(19-50)64-42)22-11-15-46(6)30(22)23(52)16-28-45(5)14-12-29(53)44(3,4)40(45)24(17-47(28,46)7)62-43-39(36(59)33(56)27(20-51)65-43)66-41-37(60)34(57)31(54)25(18-49)63-41/h10,22-43,49-61H,9,11-20H2,1-8H3/t22-,23-,24-,25-,26+,27-,28-,29+,30+,31-,32+,33-,34-,35-,36+,37+,38+,39+,40+,41+,42-,43-,45+,46-,47+,48+/m1/s1. The molecule has 3 aliphatic heterocycles. The van der Waals surface area contributed by atoms with Crippen molar-refractivity contribution in [2.45, 2.75) is 223 Å². The maximum Gasteiger partial charge on any atom is 0.187 e. The van der Waals surface area contributed by atoms with E-state index in [1.54, 1.807) is 0 Å². The summed E-state index contributed by atoms with van der Waals surface area (Å²) in [5.41, 5.74) is -2.56. The van der Waals surface area contributed by atoms with E-state index in [1.807, 2.05) is 34.6 Å². The van der Waals surface area contributed by atoms with Crippen LogP contribution in [0, 0.1) is 45.3 Å². The molecule has 4 saturated carbocycles. The van der Waals surface area contributed by atoms with E-state index >= 15 is 0 Å². The molecule has 4 aliphatic carbocycles. The van der Waals surface area contributed by atoms with Gasteiger partial charge in [0.25, 0.3) is 0 Å². The third kappa shape index (κ3) is 9.03. The molecule has 7 fully saturated rings. The van der Waals surface area contributed by atoms with Gasteiger partial charge in [-0.2, -0.15) is 0 Å². The minimum atomic E-state index is -1.86. The Bertz CT molecular complexity index is 1710. The number of rotatable bonds is 13. The van der Waals surface area contributed by atoms with Crippen LogP contribution in [0.5, 0.6) is 0 Å². The van der Waals surface area contributed by atoms with Crippen LogP contribution in [-0.2, 0) is 28.4 Å². The van der Waals surface area contributed by atoms with Crippen LogP contribution in [0.2, 0.25) is 0 Å². The summed E-state index contributed by atoms with van der Waals surface area (Å²) < 4.78 is 37.9. The molecule has 0 aromatic rings. The average Bonchev–Trinajstić information content (AvgIpc) is 3.66. The minimum Gasteiger partial charge on any atom is -0.394 e. The van der Waals surface area contributed by atoms with Crippen molar-refractivity contribution in [3.63, 3.8) is 0 Å². The number of aliphatic hydroxyl groups is 13. The summed E-state index contributed by atoms with van der Waals surface area (Å²) >= 11 is 0. The first-order valence-corrected chi connectivity index (χ1v) is 24.5. The van der Waals surface area contributed by atoms with Gasteiger partial charge >= 0.3 is 0 Å². The molecule has 26 atom stereocenters. The van der Waals surface area contributed by atoms with E-state index in [4.69, 9.17) is 28.4 Å². The first-order chi connectivity index (χ1) is 31.3. The van der Waals surface area contributed by atoms with Gasteiger partial charge in [-0.3, -0.25) is 0 Å². The predicted molar refractivity (Wildman–Crippen MR) is 235 cm³/mol. The third-order valence-corrected chi connectivity index (χ3v) is 18.7. The fraction of sp³-hybridized carbons (Fsp3) is 0.958. The highest BCUT2D eigenvalue weighted by Gasteiger charge is 2.74. The molecule has 3 saturated heterocycles. The molecule has 7 rings (SSSR count). The van der Waals surface area contributed by atoms with Crippen LogP contribution in [0.4, 0.5) is 0 Å². The van der Waals surface area contributed by atoms with Crippen molar-refractivity contribution in [2.75, 3.05) is 19.8 Å². The lowest BCUT2D eigenvalue weighted by atomic mass is 9.34. The smallest absolute Gasteiger partial charge is 0.187 e. The molecule has 0 amide bonds. The molecule has 0 spiro atoms. The summed E-state index contributed by atoms with van der Waals surface area (Å²) in [6.07, 6.45) is -20.0. The second kappa shape index (κ2) is 19.8. The van der Waals surface area contributed by atoms with Crippen LogP contribution >= 0.6 is 0 Å². The van der Waals surface area contributed by atoms with E-state index in [2.05, 4.69) is 26.8 Å². The third-order valence-electron chi connectivity index (χ3n) is 18.7. The van der Waals surface area contributed by atoms with Crippen LogP contribution in [0.25, 0.3) is 0 Å². The van der Waals surface area contributed by atoms with Gasteiger partial charge in [-0.1, -0.05) is 46.3 Å². The monoisotopic (exact) mass is 963 g/mol. The summed E-state index contributed by atoms with van der Waals surface area (Å²) in [6.45, 7) is 14.4. The number of ether oxygens (including phenoxy) is 6. The summed E-state index contributed by atoms with van der Waals surface area (Å²) in [5, 5.41) is 142. The summed E-state index contributed by atoms with van der Waals surface area (Å²) in [7, 11) is 0. The van der Waals surface area contributed by atoms with Gasteiger partial charge in [0.1, 0.15) is 73.2 Å². The van der Waals surface area contributed by atoms with E-state index in [-0.39, 0.29) is 17.8 Å². The van der Waals surface area contributed by atoms with Gasteiger partial charge in [0.05, 0.1) is 43.7 Å². The Kier molecular flexibility index (Phi) is 15.9. The van der Waals surface area contributed by atoms with Gasteiger partial charge in [0.15, 0.2) is 18.9 Å². The van der Waals surface area contributed by atoms with Crippen molar-refractivity contribution in [1.29, 1.82) is 0 Å². The number of aliphatic hydroxyl groups excluding tert-OH is 13. The summed E-state index contributed by atoms with van der Waals surface area (Å²) in [4.78, 5) is 0. The topological polar surface area (TPSA) is 318 Å². The Morgan fingerprint density at radius 1 is 0.642 bits per heavy atom.